The van der Waals surface area contributed by atoms with Gasteiger partial charge in [0.2, 0.25) is 5.91 Å². The fraction of sp³-hybridized carbons (Fsp3) is 0.562. The van der Waals surface area contributed by atoms with Gasteiger partial charge in [0.05, 0.1) is 0 Å². The molecular weight excluding hydrogens is 238 g/mol. The number of carbonyl (C=O) groups excluding carboxylic acids is 1. The topological polar surface area (TPSA) is 49.3 Å². The molecule has 0 spiro atoms. The maximum absolute atomic E-state index is 12.0. The lowest BCUT2D eigenvalue weighted by molar-refractivity contribution is -0.117. The van der Waals surface area contributed by atoms with E-state index in [4.69, 9.17) is 0 Å². The highest BCUT2D eigenvalue weighted by molar-refractivity contribution is 5.91. The van der Waals surface area contributed by atoms with Gasteiger partial charge >= 0.3 is 0 Å². The second kappa shape index (κ2) is 6.09. The standard InChI is InChI=1S/C16H25NO2/c1-11(10-16(3,4)5)8-15(19)17-14-7-6-13(18)9-12(14)2/h6-7,9,11,18H,8,10H2,1-5H3,(H,17,19). The smallest absolute Gasteiger partial charge is 0.224 e. The van der Waals surface area contributed by atoms with E-state index in [-0.39, 0.29) is 17.1 Å². The van der Waals surface area contributed by atoms with Crippen molar-refractivity contribution in [2.75, 3.05) is 5.32 Å². The fourth-order valence-electron chi connectivity index (χ4n) is 2.42. The van der Waals surface area contributed by atoms with Gasteiger partial charge in [0.25, 0.3) is 0 Å². The highest BCUT2D eigenvalue weighted by Gasteiger charge is 2.18. The van der Waals surface area contributed by atoms with Crippen LogP contribution in [0, 0.1) is 18.3 Å². The molecule has 1 unspecified atom stereocenters. The Labute approximate surface area is 116 Å². The zero-order valence-electron chi connectivity index (χ0n) is 12.6. The van der Waals surface area contributed by atoms with Crippen molar-refractivity contribution in [2.24, 2.45) is 11.3 Å². The molecule has 1 amide bonds. The van der Waals surface area contributed by atoms with Crippen LogP contribution in [0.2, 0.25) is 0 Å². The summed E-state index contributed by atoms with van der Waals surface area (Å²) in [6.45, 7) is 10.5. The van der Waals surface area contributed by atoms with Crippen molar-refractivity contribution in [1.82, 2.24) is 0 Å². The van der Waals surface area contributed by atoms with E-state index < -0.39 is 0 Å². The first-order valence-corrected chi connectivity index (χ1v) is 6.77. The molecule has 0 heterocycles. The number of rotatable bonds is 4. The quantitative estimate of drug-likeness (QED) is 0.803. The Balaban J connectivity index is 2.56. The minimum Gasteiger partial charge on any atom is -0.508 e. The summed E-state index contributed by atoms with van der Waals surface area (Å²) in [6, 6.07) is 4.96. The summed E-state index contributed by atoms with van der Waals surface area (Å²) in [5, 5.41) is 12.2. The molecule has 19 heavy (non-hydrogen) atoms. The number of carbonyl (C=O) groups is 1. The van der Waals surface area contributed by atoms with E-state index in [9.17, 15) is 9.90 Å². The molecule has 0 fully saturated rings. The first-order chi connectivity index (χ1) is 8.67. The number of aromatic hydroxyl groups is 1. The van der Waals surface area contributed by atoms with Gasteiger partial charge in [-0.2, -0.15) is 0 Å². The van der Waals surface area contributed by atoms with Crippen molar-refractivity contribution >= 4 is 11.6 Å². The van der Waals surface area contributed by atoms with E-state index in [1.54, 1.807) is 18.2 Å². The molecule has 1 aromatic carbocycles. The van der Waals surface area contributed by atoms with Crippen molar-refractivity contribution < 1.29 is 9.90 Å². The highest BCUT2D eigenvalue weighted by Crippen LogP contribution is 2.26. The van der Waals surface area contributed by atoms with Gasteiger partial charge in [-0.25, -0.2) is 0 Å². The summed E-state index contributed by atoms with van der Waals surface area (Å²) in [5.74, 6) is 0.611. The van der Waals surface area contributed by atoms with Crippen molar-refractivity contribution in [3.63, 3.8) is 0 Å². The van der Waals surface area contributed by atoms with E-state index in [1.807, 2.05) is 6.92 Å². The third-order valence-corrected chi connectivity index (χ3v) is 2.98. The third-order valence-electron chi connectivity index (χ3n) is 2.98. The maximum atomic E-state index is 12.0. The number of phenolic OH excluding ortho intramolecular Hbond substituents is 1. The Morgan fingerprint density at radius 1 is 1.37 bits per heavy atom. The molecule has 1 rings (SSSR count). The first-order valence-electron chi connectivity index (χ1n) is 6.77. The second-order valence-electron chi connectivity index (χ2n) is 6.62. The average Bonchev–Trinajstić information content (AvgIpc) is 2.19. The molecule has 1 atom stereocenters. The SMILES string of the molecule is Cc1cc(O)ccc1NC(=O)CC(C)CC(C)(C)C. The van der Waals surface area contributed by atoms with Crippen LogP contribution >= 0.6 is 0 Å². The summed E-state index contributed by atoms with van der Waals surface area (Å²) < 4.78 is 0. The van der Waals surface area contributed by atoms with Gasteiger partial charge in [0.15, 0.2) is 0 Å². The molecule has 0 aliphatic carbocycles. The number of hydrogen-bond acceptors (Lipinski definition) is 2. The molecule has 1 aromatic rings. The zero-order valence-corrected chi connectivity index (χ0v) is 12.6. The van der Waals surface area contributed by atoms with Gasteiger partial charge in [-0.1, -0.05) is 27.7 Å². The maximum Gasteiger partial charge on any atom is 0.224 e. The van der Waals surface area contributed by atoms with E-state index in [0.29, 0.717) is 12.3 Å². The first kappa shape index (κ1) is 15.5. The van der Waals surface area contributed by atoms with Crippen LogP contribution < -0.4 is 5.32 Å². The average molecular weight is 263 g/mol. The van der Waals surface area contributed by atoms with Gasteiger partial charge in [-0.05, 0) is 48.4 Å². The van der Waals surface area contributed by atoms with Crippen molar-refractivity contribution in [1.29, 1.82) is 0 Å². The van der Waals surface area contributed by atoms with Gasteiger partial charge in [-0.3, -0.25) is 4.79 Å². The Hall–Kier alpha value is -1.51. The van der Waals surface area contributed by atoms with Crippen molar-refractivity contribution in [2.45, 2.75) is 47.5 Å². The highest BCUT2D eigenvalue weighted by atomic mass is 16.3. The van der Waals surface area contributed by atoms with Crippen molar-refractivity contribution in [3.05, 3.63) is 23.8 Å². The molecule has 3 heteroatoms. The van der Waals surface area contributed by atoms with E-state index in [1.165, 1.54) is 0 Å². The van der Waals surface area contributed by atoms with Crippen LogP contribution in [0.3, 0.4) is 0 Å². The second-order valence-corrected chi connectivity index (χ2v) is 6.62. The van der Waals surface area contributed by atoms with E-state index in [0.717, 1.165) is 17.7 Å². The molecule has 0 aromatic heterocycles. The predicted octanol–water partition coefficient (Wildman–Crippen LogP) is 4.10. The Kier molecular flexibility index (Phi) is 4.98. The van der Waals surface area contributed by atoms with Gasteiger partial charge < -0.3 is 10.4 Å². The lowest BCUT2D eigenvalue weighted by Gasteiger charge is -2.22. The van der Waals surface area contributed by atoms with Gasteiger partial charge in [-0.15, -0.1) is 0 Å². The Bertz CT molecular complexity index is 447. The lowest BCUT2D eigenvalue weighted by Crippen LogP contribution is -2.19. The van der Waals surface area contributed by atoms with Crippen LogP contribution in [0.1, 0.15) is 46.1 Å². The minimum absolute atomic E-state index is 0.0329. The summed E-state index contributed by atoms with van der Waals surface area (Å²) in [4.78, 5) is 12.0. The van der Waals surface area contributed by atoms with Crippen LogP contribution in [0.5, 0.6) is 5.75 Å². The molecule has 2 N–H and O–H groups in total. The molecule has 0 radical (unpaired) electrons. The molecule has 0 saturated heterocycles. The number of benzene rings is 1. The molecule has 0 aliphatic heterocycles. The molecule has 0 saturated carbocycles. The Morgan fingerprint density at radius 3 is 2.53 bits per heavy atom. The van der Waals surface area contributed by atoms with Crippen LogP contribution in [0.4, 0.5) is 5.69 Å². The van der Waals surface area contributed by atoms with Gasteiger partial charge in [0.1, 0.15) is 5.75 Å². The molecule has 106 valence electrons. The number of amides is 1. The number of phenols is 1. The lowest BCUT2D eigenvalue weighted by atomic mass is 9.84. The third kappa shape index (κ3) is 5.77. The molecule has 0 aliphatic rings. The van der Waals surface area contributed by atoms with E-state index >= 15 is 0 Å². The number of hydrogen-bond donors (Lipinski definition) is 2. The summed E-state index contributed by atoms with van der Waals surface area (Å²) >= 11 is 0. The summed E-state index contributed by atoms with van der Waals surface area (Å²) in [5.41, 5.74) is 1.89. The van der Waals surface area contributed by atoms with Crippen LogP contribution in [-0.2, 0) is 4.79 Å². The summed E-state index contributed by atoms with van der Waals surface area (Å²) in [6.07, 6.45) is 1.55. The molecule has 0 bridgehead atoms. The van der Waals surface area contributed by atoms with Crippen molar-refractivity contribution in [3.8, 4) is 5.75 Å². The fourth-order valence-corrected chi connectivity index (χ4v) is 2.42. The Morgan fingerprint density at radius 2 is 2.00 bits per heavy atom. The number of nitrogens with one attached hydrogen (secondary N) is 1. The van der Waals surface area contributed by atoms with E-state index in [2.05, 4.69) is 33.0 Å². The minimum atomic E-state index is 0.0329. The summed E-state index contributed by atoms with van der Waals surface area (Å²) in [7, 11) is 0. The number of anilines is 1. The van der Waals surface area contributed by atoms with Crippen LogP contribution in [-0.4, -0.2) is 11.0 Å². The van der Waals surface area contributed by atoms with Crippen LogP contribution in [0.15, 0.2) is 18.2 Å². The molecule has 3 nitrogen and oxygen atoms in total. The molecular formula is C16H25NO2. The largest absolute Gasteiger partial charge is 0.508 e. The monoisotopic (exact) mass is 263 g/mol. The predicted molar refractivity (Wildman–Crippen MR) is 79.3 cm³/mol. The zero-order chi connectivity index (χ0) is 14.6. The van der Waals surface area contributed by atoms with Crippen LogP contribution in [0.25, 0.3) is 0 Å². The normalized spacial score (nSPS) is 13.1. The van der Waals surface area contributed by atoms with Gasteiger partial charge in [0, 0.05) is 12.1 Å². The number of aryl methyl sites for hydroxylation is 1.